The van der Waals surface area contributed by atoms with Gasteiger partial charge in [-0.15, -0.1) is 0 Å². The Labute approximate surface area is 115 Å². The Kier molecular flexibility index (Phi) is 4.14. The van der Waals surface area contributed by atoms with Crippen molar-refractivity contribution in [3.8, 4) is 0 Å². The number of anilines is 2. The van der Waals surface area contributed by atoms with Gasteiger partial charge >= 0.3 is 0 Å². The second kappa shape index (κ2) is 5.63. The number of nitrogens with one attached hydrogen (secondary N) is 3. The van der Waals surface area contributed by atoms with Crippen molar-refractivity contribution in [3.63, 3.8) is 0 Å². The van der Waals surface area contributed by atoms with Crippen LogP contribution in [0.15, 0.2) is 6.07 Å². The highest BCUT2D eigenvalue weighted by Gasteiger charge is 2.19. The van der Waals surface area contributed by atoms with Gasteiger partial charge < -0.3 is 16.0 Å². The van der Waals surface area contributed by atoms with E-state index >= 15 is 0 Å². The fourth-order valence-electron chi connectivity index (χ4n) is 1.79. The van der Waals surface area contributed by atoms with E-state index in [0.29, 0.717) is 34.6 Å². The monoisotopic (exact) mass is 288 g/mol. The highest BCUT2D eigenvalue weighted by Crippen LogP contribution is 2.29. The van der Waals surface area contributed by atoms with Crippen molar-refractivity contribution in [2.45, 2.75) is 18.9 Å². The minimum absolute atomic E-state index is 0.0825. The molecule has 2 rings (SSSR count). The van der Waals surface area contributed by atoms with Crippen LogP contribution in [0.1, 0.15) is 12.8 Å². The Morgan fingerprint density at radius 3 is 2.72 bits per heavy atom. The normalized spacial score (nSPS) is 19.3. The van der Waals surface area contributed by atoms with Gasteiger partial charge in [0.2, 0.25) is 5.91 Å². The molecule has 1 atom stereocenters. The van der Waals surface area contributed by atoms with E-state index in [0.717, 1.165) is 6.42 Å². The molecule has 18 heavy (non-hydrogen) atoms. The maximum atomic E-state index is 11.1. The van der Waals surface area contributed by atoms with Gasteiger partial charge in [-0.05, 0) is 12.5 Å². The van der Waals surface area contributed by atoms with Gasteiger partial charge in [-0.25, -0.2) is 4.98 Å². The minimum Gasteiger partial charge on any atom is -0.372 e. The largest absolute Gasteiger partial charge is 0.372 e. The van der Waals surface area contributed by atoms with Crippen LogP contribution >= 0.6 is 23.2 Å². The predicted octanol–water partition coefficient (Wildman–Crippen LogP) is 2.12. The SMILES string of the molecule is CNc1nc(NC2CCC(=O)NC2)c(Cl)cc1Cl. The highest BCUT2D eigenvalue weighted by atomic mass is 35.5. The van der Waals surface area contributed by atoms with Crippen molar-refractivity contribution in [1.29, 1.82) is 0 Å². The summed E-state index contributed by atoms with van der Waals surface area (Å²) < 4.78 is 0. The van der Waals surface area contributed by atoms with Crippen molar-refractivity contribution < 1.29 is 4.79 Å². The average molecular weight is 289 g/mol. The summed E-state index contributed by atoms with van der Waals surface area (Å²) >= 11 is 12.1. The van der Waals surface area contributed by atoms with E-state index in [1.807, 2.05) is 0 Å². The number of pyridine rings is 1. The molecule has 0 radical (unpaired) electrons. The van der Waals surface area contributed by atoms with Gasteiger partial charge in [0.15, 0.2) is 0 Å². The lowest BCUT2D eigenvalue weighted by Gasteiger charge is -2.24. The molecule has 1 unspecified atom stereocenters. The number of amides is 1. The smallest absolute Gasteiger partial charge is 0.220 e. The van der Waals surface area contributed by atoms with Crippen molar-refractivity contribution in [2.24, 2.45) is 0 Å². The van der Waals surface area contributed by atoms with Gasteiger partial charge in [-0.2, -0.15) is 0 Å². The molecule has 0 bridgehead atoms. The standard InChI is InChI=1S/C11H14Cl2N4O/c1-14-10-7(12)4-8(13)11(17-10)16-6-2-3-9(18)15-5-6/h4,6H,2-3,5H2,1H3,(H,15,18)(H2,14,16,17). The lowest BCUT2D eigenvalue weighted by Crippen LogP contribution is -2.42. The van der Waals surface area contributed by atoms with Gasteiger partial charge in [0.1, 0.15) is 11.6 Å². The zero-order valence-corrected chi connectivity index (χ0v) is 11.4. The lowest BCUT2D eigenvalue weighted by atomic mass is 10.1. The van der Waals surface area contributed by atoms with E-state index in [-0.39, 0.29) is 11.9 Å². The molecule has 3 N–H and O–H groups in total. The molecule has 0 aliphatic carbocycles. The van der Waals surface area contributed by atoms with E-state index in [1.54, 1.807) is 13.1 Å². The number of halogens is 2. The predicted molar refractivity (Wildman–Crippen MR) is 73.5 cm³/mol. The number of rotatable bonds is 3. The van der Waals surface area contributed by atoms with Crippen molar-refractivity contribution >= 4 is 40.7 Å². The lowest BCUT2D eigenvalue weighted by molar-refractivity contribution is -0.122. The molecular weight excluding hydrogens is 275 g/mol. The third kappa shape index (κ3) is 2.97. The Morgan fingerprint density at radius 2 is 2.11 bits per heavy atom. The molecule has 1 aliphatic heterocycles. The maximum absolute atomic E-state index is 11.1. The van der Waals surface area contributed by atoms with Gasteiger partial charge in [0.25, 0.3) is 0 Å². The Hall–Kier alpha value is -1.20. The second-order valence-electron chi connectivity index (χ2n) is 4.08. The number of hydrogen-bond acceptors (Lipinski definition) is 4. The molecule has 1 amide bonds. The van der Waals surface area contributed by atoms with Crippen molar-refractivity contribution in [3.05, 3.63) is 16.1 Å². The van der Waals surface area contributed by atoms with Crippen LogP contribution in [0.25, 0.3) is 0 Å². The first-order valence-electron chi connectivity index (χ1n) is 5.67. The quantitative estimate of drug-likeness (QED) is 0.797. The van der Waals surface area contributed by atoms with Gasteiger partial charge in [0.05, 0.1) is 10.0 Å². The number of carbonyl (C=O) groups excluding carboxylic acids is 1. The molecule has 5 nitrogen and oxygen atoms in total. The Morgan fingerprint density at radius 1 is 1.39 bits per heavy atom. The second-order valence-corrected chi connectivity index (χ2v) is 4.90. The summed E-state index contributed by atoms with van der Waals surface area (Å²) in [7, 11) is 1.74. The zero-order chi connectivity index (χ0) is 13.1. The van der Waals surface area contributed by atoms with E-state index in [9.17, 15) is 4.79 Å². The highest BCUT2D eigenvalue weighted by molar-refractivity contribution is 6.37. The summed E-state index contributed by atoms with van der Waals surface area (Å²) in [5.74, 6) is 1.23. The number of hydrogen-bond donors (Lipinski definition) is 3. The Bertz CT molecular complexity index is 457. The topological polar surface area (TPSA) is 66.0 Å². The zero-order valence-electron chi connectivity index (χ0n) is 9.89. The summed E-state index contributed by atoms with van der Waals surface area (Å²) in [6.45, 7) is 0.578. The van der Waals surface area contributed by atoms with Crippen molar-refractivity contribution in [1.82, 2.24) is 10.3 Å². The molecule has 1 aromatic rings. The van der Waals surface area contributed by atoms with Crippen molar-refractivity contribution in [2.75, 3.05) is 24.2 Å². The molecule has 2 heterocycles. The van der Waals surface area contributed by atoms with Gasteiger partial charge in [-0.3, -0.25) is 4.79 Å². The van der Waals surface area contributed by atoms with Gasteiger partial charge in [-0.1, -0.05) is 23.2 Å². The maximum Gasteiger partial charge on any atom is 0.220 e. The van der Waals surface area contributed by atoms with Crippen LogP contribution in [0.3, 0.4) is 0 Å². The summed E-state index contributed by atoms with van der Waals surface area (Å²) in [5.41, 5.74) is 0. The summed E-state index contributed by atoms with van der Waals surface area (Å²) in [4.78, 5) is 15.4. The molecule has 1 aliphatic rings. The first kappa shape index (κ1) is 13.2. The molecule has 0 spiro atoms. The first-order valence-corrected chi connectivity index (χ1v) is 6.42. The molecule has 1 fully saturated rings. The van der Waals surface area contributed by atoms with E-state index in [2.05, 4.69) is 20.9 Å². The van der Waals surface area contributed by atoms with Crippen LogP contribution in [-0.4, -0.2) is 30.5 Å². The van der Waals surface area contributed by atoms with Crippen LogP contribution < -0.4 is 16.0 Å². The summed E-state index contributed by atoms with van der Waals surface area (Å²) in [5, 5.41) is 9.85. The first-order chi connectivity index (χ1) is 8.60. The van der Waals surface area contributed by atoms with E-state index in [1.165, 1.54) is 0 Å². The van der Waals surface area contributed by atoms with Crippen LogP contribution in [-0.2, 0) is 4.79 Å². The van der Waals surface area contributed by atoms with E-state index in [4.69, 9.17) is 23.2 Å². The third-order valence-corrected chi connectivity index (χ3v) is 3.35. The number of aromatic nitrogens is 1. The fraction of sp³-hybridized carbons (Fsp3) is 0.455. The van der Waals surface area contributed by atoms with Crippen LogP contribution in [0, 0.1) is 0 Å². The molecule has 1 saturated heterocycles. The number of nitrogens with zero attached hydrogens (tertiary/aromatic N) is 1. The molecule has 98 valence electrons. The Balaban J connectivity index is 2.11. The van der Waals surface area contributed by atoms with Gasteiger partial charge in [0, 0.05) is 26.1 Å². The van der Waals surface area contributed by atoms with Crippen LogP contribution in [0.4, 0.5) is 11.6 Å². The fourth-order valence-corrected chi connectivity index (χ4v) is 2.30. The number of carbonyl (C=O) groups is 1. The van der Waals surface area contributed by atoms with E-state index < -0.39 is 0 Å². The third-order valence-electron chi connectivity index (χ3n) is 2.77. The van der Waals surface area contributed by atoms with Crippen LogP contribution in [0.2, 0.25) is 10.0 Å². The minimum atomic E-state index is 0.0825. The molecule has 0 aromatic carbocycles. The number of piperidine rings is 1. The molecule has 7 heteroatoms. The molecule has 0 saturated carbocycles. The summed E-state index contributed by atoms with van der Waals surface area (Å²) in [6.07, 6.45) is 1.28. The van der Waals surface area contributed by atoms with Crippen LogP contribution in [0.5, 0.6) is 0 Å². The summed E-state index contributed by atoms with van der Waals surface area (Å²) in [6, 6.07) is 1.78. The average Bonchev–Trinajstić information content (AvgIpc) is 2.35. The molecule has 1 aromatic heterocycles. The molecular formula is C11H14Cl2N4O.